The molecule has 4 rings (SSSR count). The van der Waals surface area contributed by atoms with Crippen molar-refractivity contribution >= 4 is 40.9 Å². The largest absolute Gasteiger partial charge is 0.339 e. The number of nitrogens with one attached hydrogen (secondary N) is 1. The van der Waals surface area contributed by atoms with Gasteiger partial charge in [-0.15, -0.1) is 11.8 Å². The van der Waals surface area contributed by atoms with Crippen molar-refractivity contribution in [2.24, 2.45) is 0 Å². The molecule has 1 heterocycles. The first-order valence-corrected chi connectivity index (χ1v) is 9.89. The SMILES string of the molecule is CN(C(=O)C[C@H]1Sc2ccc(Cl)cc2NC1=O)[C@H]1CCc2ccccc21. The van der Waals surface area contributed by atoms with Crippen LogP contribution in [0.15, 0.2) is 47.4 Å². The number of fused-ring (bicyclic) bond motifs is 2. The number of amides is 2. The van der Waals surface area contributed by atoms with Crippen molar-refractivity contribution in [3.05, 3.63) is 58.6 Å². The molecule has 1 N–H and O–H groups in total. The summed E-state index contributed by atoms with van der Waals surface area (Å²) < 4.78 is 0. The van der Waals surface area contributed by atoms with Gasteiger partial charge < -0.3 is 10.2 Å². The molecular formula is C20H19ClN2O2S. The van der Waals surface area contributed by atoms with Crippen LogP contribution in [0.1, 0.15) is 30.0 Å². The summed E-state index contributed by atoms with van der Waals surface area (Å²) in [4.78, 5) is 28.0. The van der Waals surface area contributed by atoms with Crippen LogP contribution in [-0.2, 0) is 16.0 Å². The molecule has 2 aliphatic rings. The molecule has 0 bridgehead atoms. The van der Waals surface area contributed by atoms with Crippen LogP contribution in [0, 0.1) is 0 Å². The quantitative estimate of drug-likeness (QED) is 0.856. The lowest BCUT2D eigenvalue weighted by Crippen LogP contribution is -2.37. The van der Waals surface area contributed by atoms with E-state index < -0.39 is 5.25 Å². The third kappa shape index (κ3) is 3.21. The number of aryl methyl sites for hydroxylation is 1. The van der Waals surface area contributed by atoms with E-state index in [9.17, 15) is 9.59 Å². The smallest absolute Gasteiger partial charge is 0.238 e. The zero-order valence-corrected chi connectivity index (χ0v) is 15.9. The summed E-state index contributed by atoms with van der Waals surface area (Å²) in [6.07, 6.45) is 2.12. The monoisotopic (exact) mass is 386 g/mol. The highest BCUT2D eigenvalue weighted by atomic mass is 35.5. The highest BCUT2D eigenvalue weighted by molar-refractivity contribution is 8.01. The molecule has 2 amide bonds. The maximum Gasteiger partial charge on any atom is 0.238 e. The van der Waals surface area contributed by atoms with Crippen molar-refractivity contribution in [2.75, 3.05) is 12.4 Å². The molecule has 134 valence electrons. The van der Waals surface area contributed by atoms with Gasteiger partial charge in [-0.2, -0.15) is 0 Å². The molecule has 2 aromatic rings. The Kier molecular flexibility index (Phi) is 4.67. The highest BCUT2D eigenvalue weighted by Crippen LogP contribution is 2.39. The first kappa shape index (κ1) is 17.4. The zero-order valence-electron chi connectivity index (χ0n) is 14.4. The Labute approximate surface area is 161 Å². The van der Waals surface area contributed by atoms with Crippen LogP contribution in [0.4, 0.5) is 5.69 Å². The van der Waals surface area contributed by atoms with Crippen LogP contribution < -0.4 is 5.32 Å². The Morgan fingerprint density at radius 2 is 2.12 bits per heavy atom. The molecule has 0 unspecified atom stereocenters. The van der Waals surface area contributed by atoms with Gasteiger partial charge in [0.25, 0.3) is 0 Å². The van der Waals surface area contributed by atoms with Gasteiger partial charge in [0.2, 0.25) is 11.8 Å². The van der Waals surface area contributed by atoms with Crippen molar-refractivity contribution < 1.29 is 9.59 Å². The zero-order chi connectivity index (χ0) is 18.3. The summed E-state index contributed by atoms with van der Waals surface area (Å²) >= 11 is 7.41. The number of carbonyl (C=O) groups excluding carboxylic acids is 2. The summed E-state index contributed by atoms with van der Waals surface area (Å²) in [5, 5.41) is 3.03. The molecule has 0 saturated heterocycles. The molecule has 4 nitrogen and oxygen atoms in total. The van der Waals surface area contributed by atoms with Crippen molar-refractivity contribution in [3.63, 3.8) is 0 Å². The molecule has 0 aromatic heterocycles. The van der Waals surface area contributed by atoms with Crippen LogP contribution in [0.3, 0.4) is 0 Å². The third-order valence-corrected chi connectivity index (χ3v) is 6.59. The average Bonchev–Trinajstić information content (AvgIpc) is 3.06. The Balaban J connectivity index is 1.47. The standard InChI is InChI=1S/C20H19ClN2O2S/c1-23(16-8-6-12-4-2-3-5-14(12)16)19(24)11-18-20(25)22-15-10-13(21)7-9-17(15)26-18/h2-5,7,9-10,16,18H,6,8,11H2,1H3,(H,22,25)/t16-,18+/m0/s1. The number of benzene rings is 2. The lowest BCUT2D eigenvalue weighted by atomic mass is 10.1. The second-order valence-corrected chi connectivity index (χ2v) is 8.38. The normalized spacial score (nSPS) is 20.9. The van der Waals surface area contributed by atoms with Gasteiger partial charge in [-0.05, 0) is 42.2 Å². The van der Waals surface area contributed by atoms with Crippen molar-refractivity contribution in [1.29, 1.82) is 0 Å². The first-order chi connectivity index (χ1) is 12.5. The maximum atomic E-state index is 12.8. The molecular weight excluding hydrogens is 368 g/mol. The fourth-order valence-corrected chi connectivity index (χ4v) is 4.92. The third-order valence-electron chi connectivity index (χ3n) is 5.08. The maximum absolute atomic E-state index is 12.8. The number of hydrogen-bond acceptors (Lipinski definition) is 3. The molecule has 1 aliphatic carbocycles. The molecule has 0 spiro atoms. The van der Waals surface area contributed by atoms with Gasteiger partial charge in [0, 0.05) is 23.4 Å². The molecule has 6 heteroatoms. The van der Waals surface area contributed by atoms with E-state index in [-0.39, 0.29) is 24.3 Å². The van der Waals surface area contributed by atoms with Gasteiger partial charge in [-0.25, -0.2) is 0 Å². The van der Waals surface area contributed by atoms with Gasteiger partial charge in [0.1, 0.15) is 0 Å². The average molecular weight is 387 g/mol. The van der Waals surface area contributed by atoms with Gasteiger partial charge in [-0.1, -0.05) is 35.9 Å². The second-order valence-electron chi connectivity index (χ2n) is 6.70. The van der Waals surface area contributed by atoms with Gasteiger partial charge in [0.05, 0.1) is 17.0 Å². The van der Waals surface area contributed by atoms with E-state index in [4.69, 9.17) is 11.6 Å². The Bertz CT molecular complexity index is 886. The van der Waals surface area contributed by atoms with E-state index >= 15 is 0 Å². The van der Waals surface area contributed by atoms with E-state index in [0.717, 1.165) is 17.7 Å². The summed E-state index contributed by atoms with van der Waals surface area (Å²) in [6, 6.07) is 13.8. The Morgan fingerprint density at radius 1 is 1.31 bits per heavy atom. The van der Waals surface area contributed by atoms with Crippen LogP contribution in [0.5, 0.6) is 0 Å². The summed E-state index contributed by atoms with van der Waals surface area (Å²) in [5.41, 5.74) is 3.26. The molecule has 0 saturated carbocycles. The lowest BCUT2D eigenvalue weighted by molar-refractivity contribution is -0.133. The summed E-state index contributed by atoms with van der Waals surface area (Å²) in [5.74, 6) is -0.143. The predicted molar refractivity (Wildman–Crippen MR) is 105 cm³/mol. The predicted octanol–water partition coefficient (Wildman–Crippen LogP) is 4.29. The second kappa shape index (κ2) is 6.97. The van der Waals surface area contributed by atoms with E-state index in [1.165, 1.54) is 22.9 Å². The van der Waals surface area contributed by atoms with E-state index in [2.05, 4.69) is 17.4 Å². The molecule has 0 radical (unpaired) electrons. The first-order valence-electron chi connectivity index (χ1n) is 8.63. The minimum atomic E-state index is -0.421. The van der Waals surface area contributed by atoms with Crippen LogP contribution in [0.2, 0.25) is 5.02 Å². The minimum Gasteiger partial charge on any atom is -0.339 e. The molecule has 2 aromatic carbocycles. The number of nitrogens with zero attached hydrogens (tertiary/aromatic N) is 1. The van der Waals surface area contributed by atoms with Crippen LogP contribution >= 0.6 is 23.4 Å². The molecule has 1 aliphatic heterocycles. The summed E-state index contributed by atoms with van der Waals surface area (Å²) in [7, 11) is 1.84. The fraction of sp³-hybridized carbons (Fsp3) is 0.300. The Hall–Kier alpha value is -1.98. The van der Waals surface area contributed by atoms with Crippen molar-refractivity contribution in [1.82, 2.24) is 4.90 Å². The number of thioether (sulfide) groups is 1. The number of halogens is 1. The number of hydrogen-bond donors (Lipinski definition) is 1. The molecule has 2 atom stereocenters. The van der Waals surface area contributed by atoms with Crippen molar-refractivity contribution in [3.8, 4) is 0 Å². The topological polar surface area (TPSA) is 49.4 Å². The van der Waals surface area contributed by atoms with Crippen molar-refractivity contribution in [2.45, 2.75) is 35.4 Å². The summed E-state index contributed by atoms with van der Waals surface area (Å²) in [6.45, 7) is 0. The number of carbonyl (C=O) groups is 2. The van der Waals surface area contributed by atoms with E-state index in [0.29, 0.717) is 10.7 Å². The Morgan fingerprint density at radius 3 is 2.96 bits per heavy atom. The van der Waals surface area contributed by atoms with E-state index in [1.807, 2.05) is 25.2 Å². The van der Waals surface area contributed by atoms with Gasteiger partial charge >= 0.3 is 0 Å². The number of rotatable bonds is 3. The lowest BCUT2D eigenvalue weighted by Gasteiger charge is -2.29. The minimum absolute atomic E-state index is 0.00299. The van der Waals surface area contributed by atoms with Crippen LogP contribution in [0.25, 0.3) is 0 Å². The van der Waals surface area contributed by atoms with Gasteiger partial charge in [0.15, 0.2) is 0 Å². The van der Waals surface area contributed by atoms with E-state index in [1.54, 1.807) is 17.0 Å². The molecule has 0 fully saturated rings. The fourth-order valence-electron chi connectivity index (χ4n) is 3.67. The number of anilines is 1. The highest BCUT2D eigenvalue weighted by Gasteiger charge is 2.33. The molecule has 26 heavy (non-hydrogen) atoms. The van der Waals surface area contributed by atoms with Gasteiger partial charge in [-0.3, -0.25) is 9.59 Å². The van der Waals surface area contributed by atoms with Crippen LogP contribution in [-0.4, -0.2) is 29.0 Å².